The Kier molecular flexibility index (Phi) is 10.9. The van der Waals surface area contributed by atoms with Crippen molar-refractivity contribution in [3.63, 3.8) is 0 Å². The Bertz CT molecular complexity index is 1400. The largest absolute Gasteiger partial charge is 0.493 e. The molecule has 1 atom stereocenters. The van der Waals surface area contributed by atoms with Gasteiger partial charge in [0.2, 0.25) is 21.8 Å². The number of carbonyl (C=O) groups is 2. The lowest BCUT2D eigenvalue weighted by Crippen LogP contribution is -2.47. The Morgan fingerprint density at radius 1 is 0.925 bits per heavy atom. The number of methoxy groups -OCH3 is 2. The maximum Gasteiger partial charge on any atom is 0.247 e. The Balaban J connectivity index is 1.89. The van der Waals surface area contributed by atoms with Gasteiger partial charge in [-0.25, -0.2) is 8.42 Å². The van der Waals surface area contributed by atoms with Crippen molar-refractivity contribution in [2.75, 3.05) is 40.6 Å². The minimum absolute atomic E-state index is 0.0657. The molecule has 0 aliphatic carbocycles. The molecule has 0 saturated carbocycles. The smallest absolute Gasteiger partial charge is 0.247 e. The molecule has 214 valence electrons. The Morgan fingerprint density at radius 3 is 2.15 bits per heavy atom. The first-order valence-electron chi connectivity index (χ1n) is 12.5. The summed E-state index contributed by atoms with van der Waals surface area (Å²) >= 11 is 6.05. The summed E-state index contributed by atoms with van der Waals surface area (Å²) in [6.45, 7) is -0.0607. The third-order valence-corrected chi connectivity index (χ3v) is 7.86. The fourth-order valence-electron chi connectivity index (χ4n) is 4.08. The molecule has 0 spiro atoms. The van der Waals surface area contributed by atoms with Crippen molar-refractivity contribution in [3.8, 4) is 11.5 Å². The van der Waals surface area contributed by atoms with Crippen LogP contribution in [0.15, 0.2) is 72.8 Å². The predicted molar refractivity (Wildman–Crippen MR) is 155 cm³/mol. The fraction of sp³-hybridized carbons (Fsp3) is 0.310. The molecule has 0 saturated heterocycles. The van der Waals surface area contributed by atoms with Crippen LogP contribution in [-0.2, 0) is 32.6 Å². The minimum Gasteiger partial charge on any atom is -0.493 e. The summed E-state index contributed by atoms with van der Waals surface area (Å²) in [7, 11) is 0.819. The molecule has 1 N–H and O–H groups in total. The van der Waals surface area contributed by atoms with E-state index >= 15 is 0 Å². The van der Waals surface area contributed by atoms with Gasteiger partial charge in [0.05, 0.1) is 27.0 Å². The van der Waals surface area contributed by atoms with Crippen molar-refractivity contribution < 1.29 is 27.5 Å². The van der Waals surface area contributed by atoms with Crippen molar-refractivity contribution >= 4 is 33.4 Å². The number of carbonyl (C=O) groups excluding carboxylic acids is 2. The fourth-order valence-corrected chi connectivity index (χ4v) is 4.55. The van der Waals surface area contributed by atoms with Crippen LogP contribution in [0, 0.1) is 0 Å². The molecule has 0 heterocycles. The highest BCUT2D eigenvalue weighted by atomic mass is 35.5. The number of nitrogens with zero attached hydrogens (tertiary/aromatic N) is 2. The van der Waals surface area contributed by atoms with Gasteiger partial charge < -0.3 is 19.7 Å². The van der Waals surface area contributed by atoms with Gasteiger partial charge in [0, 0.05) is 25.2 Å². The summed E-state index contributed by atoms with van der Waals surface area (Å²) < 4.78 is 35.7. The lowest BCUT2D eigenvalue weighted by molar-refractivity contribution is -0.141. The summed E-state index contributed by atoms with van der Waals surface area (Å²) in [5.41, 5.74) is 2.26. The van der Waals surface area contributed by atoms with E-state index in [0.717, 1.165) is 21.7 Å². The number of rotatable bonds is 13. The average Bonchev–Trinajstić information content (AvgIpc) is 2.93. The van der Waals surface area contributed by atoms with Crippen molar-refractivity contribution in [3.05, 3.63) is 94.5 Å². The molecule has 0 radical (unpaired) electrons. The van der Waals surface area contributed by atoms with Gasteiger partial charge in [-0.05, 0) is 47.4 Å². The molecule has 3 aromatic rings. The second kappa shape index (κ2) is 14.2. The number of nitrogens with one attached hydrogen (secondary N) is 1. The van der Waals surface area contributed by atoms with Crippen LogP contribution in [0.3, 0.4) is 0 Å². The number of hydrogen-bond donors (Lipinski definition) is 1. The summed E-state index contributed by atoms with van der Waals surface area (Å²) in [6.07, 6.45) is 1.54. The number of ether oxygens (including phenoxy) is 2. The summed E-state index contributed by atoms with van der Waals surface area (Å²) in [5, 5.41) is 3.49. The second-order valence-corrected chi connectivity index (χ2v) is 11.7. The quantitative estimate of drug-likeness (QED) is 0.327. The molecule has 0 bridgehead atoms. The summed E-state index contributed by atoms with van der Waals surface area (Å²) in [6, 6.07) is 20.4. The highest BCUT2D eigenvalue weighted by Crippen LogP contribution is 2.28. The van der Waals surface area contributed by atoms with E-state index < -0.39 is 34.4 Å². The number of benzene rings is 3. The Labute approximate surface area is 240 Å². The molecule has 0 aromatic heterocycles. The van der Waals surface area contributed by atoms with Crippen molar-refractivity contribution in [1.29, 1.82) is 0 Å². The molecule has 0 aliphatic rings. The van der Waals surface area contributed by atoms with E-state index in [4.69, 9.17) is 21.1 Å². The first-order chi connectivity index (χ1) is 19.0. The van der Waals surface area contributed by atoms with Crippen LogP contribution in [0.25, 0.3) is 0 Å². The molecule has 3 aromatic carbocycles. The molecule has 2 amide bonds. The first-order valence-corrected chi connectivity index (χ1v) is 14.7. The maximum atomic E-state index is 13.7. The lowest BCUT2D eigenvalue weighted by atomic mass is 10.0. The van der Waals surface area contributed by atoms with E-state index in [0.29, 0.717) is 35.1 Å². The molecule has 0 unspecified atom stereocenters. The molecule has 0 aliphatic heterocycles. The zero-order chi connectivity index (χ0) is 29.3. The zero-order valence-corrected chi connectivity index (χ0v) is 24.5. The van der Waals surface area contributed by atoms with E-state index in [1.807, 2.05) is 18.2 Å². The minimum atomic E-state index is -3.63. The number of sulfonamides is 1. The highest BCUT2D eigenvalue weighted by molar-refractivity contribution is 7.88. The predicted octanol–water partition coefficient (Wildman–Crippen LogP) is 3.68. The van der Waals surface area contributed by atoms with E-state index in [9.17, 15) is 18.0 Å². The molecule has 11 heteroatoms. The molecule has 0 fully saturated rings. The number of halogens is 1. The van der Waals surface area contributed by atoms with Gasteiger partial charge in [-0.15, -0.1) is 0 Å². The van der Waals surface area contributed by atoms with Crippen LogP contribution >= 0.6 is 11.6 Å². The zero-order valence-electron chi connectivity index (χ0n) is 23.0. The maximum absolute atomic E-state index is 13.7. The monoisotopic (exact) mass is 587 g/mol. The summed E-state index contributed by atoms with van der Waals surface area (Å²) in [5.74, 6) is 0.279. The van der Waals surface area contributed by atoms with Gasteiger partial charge in [0.25, 0.3) is 0 Å². The average molecular weight is 588 g/mol. The topological polar surface area (TPSA) is 105 Å². The normalized spacial score (nSPS) is 12.1. The van der Waals surface area contributed by atoms with E-state index in [-0.39, 0.29) is 6.54 Å². The van der Waals surface area contributed by atoms with Gasteiger partial charge >= 0.3 is 0 Å². The Hall–Kier alpha value is -3.60. The number of amides is 2. The molecule has 3 rings (SSSR count). The van der Waals surface area contributed by atoms with Crippen molar-refractivity contribution in [1.82, 2.24) is 14.5 Å². The van der Waals surface area contributed by atoms with Gasteiger partial charge in [0.15, 0.2) is 11.5 Å². The molecular formula is C29H34ClN3O6S. The molecular weight excluding hydrogens is 554 g/mol. The van der Waals surface area contributed by atoms with Gasteiger partial charge in [-0.3, -0.25) is 9.59 Å². The van der Waals surface area contributed by atoms with Crippen molar-refractivity contribution in [2.24, 2.45) is 0 Å². The summed E-state index contributed by atoms with van der Waals surface area (Å²) in [4.78, 5) is 28.7. The highest BCUT2D eigenvalue weighted by Gasteiger charge is 2.32. The third kappa shape index (κ3) is 8.45. The van der Waals surface area contributed by atoms with Gasteiger partial charge in [-0.1, -0.05) is 60.1 Å². The standard InChI is InChI=1S/C29H34ClN3O6S/c1-32(40(4,36)37)20-27(34)33(19-22-10-13-24(30)14-11-22)28(23-8-6-5-7-9-23)29(35)31-17-16-21-12-15-25(38-2)26(18-21)39-3/h5-15,18,28H,16-17,19-20H2,1-4H3,(H,31,35)/t28-/m1/s1. The van der Waals surface area contributed by atoms with Crippen LogP contribution < -0.4 is 14.8 Å². The van der Waals surface area contributed by atoms with Crippen molar-refractivity contribution in [2.45, 2.75) is 19.0 Å². The van der Waals surface area contributed by atoms with Crippen LogP contribution in [0.5, 0.6) is 11.5 Å². The second-order valence-electron chi connectivity index (χ2n) is 9.21. The van der Waals surface area contributed by atoms with Crippen LogP contribution in [-0.4, -0.2) is 70.0 Å². The van der Waals surface area contributed by atoms with Crippen LogP contribution in [0.1, 0.15) is 22.7 Å². The third-order valence-electron chi connectivity index (χ3n) is 6.35. The van der Waals surface area contributed by atoms with Crippen LogP contribution in [0.2, 0.25) is 5.02 Å². The van der Waals surface area contributed by atoms with E-state index in [2.05, 4.69) is 5.32 Å². The SMILES string of the molecule is COc1ccc(CCNC(=O)[C@@H](c2ccccc2)N(Cc2ccc(Cl)cc2)C(=O)CN(C)S(C)(=O)=O)cc1OC. The number of likely N-dealkylation sites (N-methyl/N-ethyl adjacent to an activating group) is 1. The van der Waals surface area contributed by atoms with E-state index in [1.165, 1.54) is 11.9 Å². The molecule has 40 heavy (non-hydrogen) atoms. The lowest BCUT2D eigenvalue weighted by Gasteiger charge is -2.32. The van der Waals surface area contributed by atoms with Crippen LogP contribution in [0.4, 0.5) is 0 Å². The van der Waals surface area contributed by atoms with Gasteiger partial charge in [0.1, 0.15) is 6.04 Å². The van der Waals surface area contributed by atoms with E-state index in [1.54, 1.807) is 68.8 Å². The Morgan fingerprint density at radius 2 is 1.55 bits per heavy atom. The molecule has 9 nitrogen and oxygen atoms in total. The van der Waals surface area contributed by atoms with Gasteiger partial charge in [-0.2, -0.15) is 4.31 Å². The first kappa shape index (κ1) is 30.9. The number of hydrogen-bond acceptors (Lipinski definition) is 6.